The van der Waals surface area contributed by atoms with Crippen molar-refractivity contribution in [1.82, 2.24) is 9.55 Å². The summed E-state index contributed by atoms with van der Waals surface area (Å²) in [5, 5.41) is 21.6. The number of aliphatic hydroxyl groups is 2. The van der Waals surface area contributed by atoms with Gasteiger partial charge in [-0.1, -0.05) is 13.3 Å². The number of aliphatic hydroxyl groups excluding tert-OH is 2. The van der Waals surface area contributed by atoms with E-state index in [0.29, 0.717) is 6.42 Å². The molecule has 2 heterocycles. The molecule has 0 spiro atoms. The highest BCUT2D eigenvalue weighted by Gasteiger charge is 2.42. The van der Waals surface area contributed by atoms with Crippen molar-refractivity contribution >= 4 is 11.9 Å². The molecule has 0 aromatic carbocycles. The molecule has 1 aliphatic rings. The number of halogens is 1. The van der Waals surface area contributed by atoms with Gasteiger partial charge < -0.3 is 19.7 Å². The number of carbonyl (C=O) groups is 1. The van der Waals surface area contributed by atoms with E-state index in [9.17, 15) is 24.2 Å². The fraction of sp³-hybridized carbons (Fsp3) is 0.643. The first-order chi connectivity index (χ1) is 11.3. The van der Waals surface area contributed by atoms with Gasteiger partial charge in [-0.3, -0.25) is 9.88 Å². The lowest BCUT2D eigenvalue weighted by molar-refractivity contribution is -0.0355. The molecule has 1 saturated heterocycles. The van der Waals surface area contributed by atoms with E-state index in [-0.39, 0.29) is 6.61 Å². The molecule has 10 heteroatoms. The number of nitrogens with zero attached hydrogens (tertiary/aromatic N) is 2. The van der Waals surface area contributed by atoms with Gasteiger partial charge in [-0.25, -0.2) is 14.0 Å². The summed E-state index contributed by atoms with van der Waals surface area (Å²) in [7, 11) is 0. The van der Waals surface area contributed by atoms with E-state index >= 15 is 0 Å². The van der Waals surface area contributed by atoms with Crippen LogP contribution in [0.3, 0.4) is 0 Å². The molecule has 24 heavy (non-hydrogen) atoms. The van der Waals surface area contributed by atoms with Crippen LogP contribution in [0.1, 0.15) is 32.9 Å². The molecule has 3 N–H and O–H groups in total. The molecule has 0 radical (unpaired) electrons. The molecular weight excluding hydrogens is 325 g/mol. The molecule has 1 fully saturated rings. The van der Waals surface area contributed by atoms with Crippen molar-refractivity contribution in [3.63, 3.8) is 0 Å². The van der Waals surface area contributed by atoms with E-state index in [0.717, 1.165) is 17.2 Å². The van der Waals surface area contributed by atoms with Crippen LogP contribution in [0.25, 0.3) is 0 Å². The van der Waals surface area contributed by atoms with Gasteiger partial charge >= 0.3 is 11.8 Å². The monoisotopic (exact) mass is 345 g/mol. The van der Waals surface area contributed by atoms with Crippen molar-refractivity contribution in [1.29, 1.82) is 0 Å². The van der Waals surface area contributed by atoms with Crippen molar-refractivity contribution in [2.24, 2.45) is 0 Å². The first kappa shape index (κ1) is 18.3. The molecule has 0 aliphatic carbocycles. The zero-order valence-corrected chi connectivity index (χ0v) is 13.3. The van der Waals surface area contributed by atoms with Crippen molar-refractivity contribution < 1.29 is 28.9 Å². The highest BCUT2D eigenvalue weighted by Crippen LogP contribution is 2.28. The first-order valence-electron chi connectivity index (χ1n) is 7.59. The number of unbranched alkanes of at least 4 members (excludes halogenated alkanes) is 1. The number of rotatable bonds is 5. The molecule has 1 aliphatic heterocycles. The van der Waals surface area contributed by atoms with Crippen LogP contribution in [0.2, 0.25) is 0 Å². The van der Waals surface area contributed by atoms with E-state index < -0.39 is 48.0 Å². The van der Waals surface area contributed by atoms with Gasteiger partial charge in [-0.2, -0.15) is 4.98 Å². The van der Waals surface area contributed by atoms with Gasteiger partial charge in [-0.05, 0) is 13.3 Å². The number of anilines is 1. The minimum absolute atomic E-state index is 0.166. The van der Waals surface area contributed by atoms with Crippen molar-refractivity contribution in [2.75, 3.05) is 11.9 Å². The van der Waals surface area contributed by atoms with Crippen LogP contribution in [0.4, 0.5) is 15.0 Å². The maximum Gasteiger partial charge on any atom is 0.412 e. The van der Waals surface area contributed by atoms with Gasteiger partial charge in [0, 0.05) is 0 Å². The van der Waals surface area contributed by atoms with Crippen molar-refractivity contribution in [2.45, 2.75) is 51.2 Å². The number of aromatic nitrogens is 2. The summed E-state index contributed by atoms with van der Waals surface area (Å²) in [6, 6.07) is 0. The number of hydrogen-bond donors (Lipinski definition) is 3. The lowest BCUT2D eigenvalue weighted by Crippen LogP contribution is -2.36. The highest BCUT2D eigenvalue weighted by molar-refractivity contribution is 5.83. The Bertz CT molecular complexity index is 652. The van der Waals surface area contributed by atoms with Crippen molar-refractivity contribution in [3.8, 4) is 0 Å². The number of amides is 1. The van der Waals surface area contributed by atoms with Crippen LogP contribution in [-0.2, 0) is 9.47 Å². The zero-order valence-electron chi connectivity index (χ0n) is 13.3. The Kier molecular flexibility index (Phi) is 5.86. The third kappa shape index (κ3) is 3.89. The van der Waals surface area contributed by atoms with E-state index in [2.05, 4.69) is 4.98 Å². The first-order valence-corrected chi connectivity index (χ1v) is 7.59. The number of hydrogen-bond acceptors (Lipinski definition) is 7. The molecule has 1 aromatic heterocycles. The number of carbonyl (C=O) groups excluding carboxylic acids is 1. The lowest BCUT2D eigenvalue weighted by atomic mass is 10.1. The van der Waals surface area contributed by atoms with Crippen molar-refractivity contribution in [3.05, 3.63) is 22.5 Å². The Labute approximate surface area is 137 Å². The highest BCUT2D eigenvalue weighted by atomic mass is 19.1. The van der Waals surface area contributed by atoms with Gasteiger partial charge in [0.1, 0.15) is 12.2 Å². The Morgan fingerprint density at radius 3 is 2.79 bits per heavy atom. The molecule has 0 saturated carbocycles. The zero-order chi connectivity index (χ0) is 17.9. The molecule has 0 bridgehead atoms. The largest absolute Gasteiger partial charge is 0.449 e. The summed E-state index contributed by atoms with van der Waals surface area (Å²) in [5.74, 6) is -1.59. The molecular formula is C14H20FN3O6. The van der Waals surface area contributed by atoms with Gasteiger partial charge in [0.25, 0.3) is 0 Å². The van der Waals surface area contributed by atoms with Gasteiger partial charge in [-0.15, -0.1) is 0 Å². The normalized spacial score (nSPS) is 26.4. The van der Waals surface area contributed by atoms with Crippen LogP contribution >= 0.6 is 0 Å². The molecule has 1 amide bonds. The topological polar surface area (TPSA) is 123 Å². The maximum absolute atomic E-state index is 14.1. The third-order valence-corrected chi connectivity index (χ3v) is 3.61. The predicted molar refractivity (Wildman–Crippen MR) is 79.9 cm³/mol. The molecule has 4 atom stereocenters. The summed E-state index contributed by atoms with van der Waals surface area (Å²) < 4.78 is 24.8. The molecule has 2 rings (SSSR count). The maximum atomic E-state index is 14.1. The average Bonchev–Trinajstić information content (AvgIpc) is 2.78. The molecule has 9 nitrogen and oxygen atoms in total. The van der Waals surface area contributed by atoms with E-state index in [1.54, 1.807) is 0 Å². The summed E-state index contributed by atoms with van der Waals surface area (Å²) in [4.78, 5) is 26.9. The van der Waals surface area contributed by atoms with E-state index in [1.165, 1.54) is 6.92 Å². The average molecular weight is 345 g/mol. The standard InChI is InChI=1S/C14H20FN3O6/c1-3-4-5-23-14(22)17-11-8(15)6-18(13(21)16-11)12-10(20)9(19)7(2)24-12/h6-7,9-10,12,19-20H,3-5H2,1-2H3,(H,16,17,21,22)/t7-,9+,10?,12-/m1/s1. The third-order valence-electron chi connectivity index (χ3n) is 3.61. The molecule has 1 aromatic rings. The molecule has 1 unspecified atom stereocenters. The Hall–Kier alpha value is -2.04. The summed E-state index contributed by atoms with van der Waals surface area (Å²) >= 11 is 0. The minimum Gasteiger partial charge on any atom is -0.449 e. The van der Waals surface area contributed by atoms with Gasteiger partial charge in [0.15, 0.2) is 17.9 Å². The van der Waals surface area contributed by atoms with E-state index in [1.807, 2.05) is 12.2 Å². The summed E-state index contributed by atoms with van der Waals surface area (Å²) in [6.07, 6.45) is -3.32. The second-order valence-electron chi connectivity index (χ2n) is 5.45. The van der Waals surface area contributed by atoms with Crippen LogP contribution in [0, 0.1) is 5.82 Å². The smallest absolute Gasteiger partial charge is 0.412 e. The summed E-state index contributed by atoms with van der Waals surface area (Å²) in [6.45, 7) is 3.59. The Morgan fingerprint density at radius 1 is 1.50 bits per heavy atom. The van der Waals surface area contributed by atoms with E-state index in [4.69, 9.17) is 9.47 Å². The number of nitrogens with one attached hydrogen (secondary N) is 1. The molecule has 134 valence electrons. The van der Waals surface area contributed by atoms with Crippen LogP contribution in [-0.4, -0.2) is 50.8 Å². The number of ether oxygens (including phenoxy) is 2. The Morgan fingerprint density at radius 2 is 2.21 bits per heavy atom. The fourth-order valence-electron chi connectivity index (χ4n) is 2.21. The predicted octanol–water partition coefficient (Wildman–Crippen LogP) is 0.370. The minimum atomic E-state index is -1.41. The Balaban J connectivity index is 2.14. The van der Waals surface area contributed by atoms with Crippen LogP contribution < -0.4 is 11.0 Å². The second-order valence-corrected chi connectivity index (χ2v) is 5.45. The van der Waals surface area contributed by atoms with Crippen LogP contribution in [0.15, 0.2) is 11.0 Å². The quantitative estimate of drug-likeness (QED) is 0.659. The lowest BCUT2D eigenvalue weighted by Gasteiger charge is -2.17. The van der Waals surface area contributed by atoms with Gasteiger partial charge in [0.2, 0.25) is 0 Å². The van der Waals surface area contributed by atoms with Crippen LogP contribution in [0.5, 0.6) is 0 Å². The fourth-order valence-corrected chi connectivity index (χ4v) is 2.21. The summed E-state index contributed by atoms with van der Waals surface area (Å²) in [5.41, 5.74) is -0.953. The van der Waals surface area contributed by atoms with Gasteiger partial charge in [0.05, 0.1) is 18.9 Å². The SMILES string of the molecule is CCCCOC(=O)Nc1nc(=O)n([C@@H]2O[C@H](C)[C@H](O)C2O)cc1F. The second kappa shape index (κ2) is 7.69.